The van der Waals surface area contributed by atoms with Crippen molar-refractivity contribution in [2.75, 3.05) is 7.05 Å². The van der Waals surface area contributed by atoms with E-state index in [1.165, 1.54) is 11.2 Å². The number of likely N-dealkylation sites (N-methyl/N-ethyl adjacent to an activating group) is 1. The lowest BCUT2D eigenvalue weighted by atomic mass is 10.1. The molecule has 8 nitrogen and oxygen atoms in total. The van der Waals surface area contributed by atoms with E-state index in [1.807, 2.05) is 18.4 Å². The van der Waals surface area contributed by atoms with Crippen LogP contribution in [0.2, 0.25) is 0 Å². The van der Waals surface area contributed by atoms with Crippen molar-refractivity contribution >= 4 is 11.8 Å². The summed E-state index contributed by atoms with van der Waals surface area (Å²) in [7, 11) is 1.56. The Labute approximate surface area is 133 Å². The molecular formula is C15H19N5O3. The zero-order valence-corrected chi connectivity index (χ0v) is 13.4. The minimum Gasteiger partial charge on any atom is -0.469 e. The molecular weight excluding hydrogens is 298 g/mol. The Kier molecular flexibility index (Phi) is 3.89. The molecule has 2 amide bonds. The number of rotatable bonds is 3. The summed E-state index contributed by atoms with van der Waals surface area (Å²) in [6, 6.07) is 1.04. The molecule has 2 aromatic heterocycles. The van der Waals surface area contributed by atoms with Gasteiger partial charge in [-0.2, -0.15) is 0 Å². The van der Waals surface area contributed by atoms with E-state index in [2.05, 4.69) is 15.5 Å². The minimum absolute atomic E-state index is 0.210. The largest absolute Gasteiger partial charge is 0.469 e. The highest BCUT2D eigenvalue weighted by molar-refractivity contribution is 5.98. The van der Waals surface area contributed by atoms with Crippen LogP contribution in [0, 0.1) is 6.92 Å². The first-order valence-corrected chi connectivity index (χ1v) is 7.54. The molecule has 0 aliphatic carbocycles. The van der Waals surface area contributed by atoms with Crippen LogP contribution >= 0.6 is 0 Å². The van der Waals surface area contributed by atoms with Gasteiger partial charge in [0.15, 0.2) is 5.82 Å². The second-order valence-corrected chi connectivity index (χ2v) is 5.45. The lowest BCUT2D eigenvalue weighted by Gasteiger charge is -2.34. The summed E-state index contributed by atoms with van der Waals surface area (Å²) in [6.07, 6.45) is 2.11. The van der Waals surface area contributed by atoms with Gasteiger partial charge in [0.2, 0.25) is 5.91 Å². The molecule has 0 fully saturated rings. The van der Waals surface area contributed by atoms with E-state index in [4.69, 9.17) is 4.42 Å². The van der Waals surface area contributed by atoms with Crippen LogP contribution in [-0.2, 0) is 24.3 Å². The van der Waals surface area contributed by atoms with E-state index >= 15 is 0 Å². The molecule has 0 saturated carbocycles. The van der Waals surface area contributed by atoms with Crippen molar-refractivity contribution in [1.29, 1.82) is 0 Å². The fraction of sp³-hybridized carbons (Fsp3) is 0.467. The van der Waals surface area contributed by atoms with Crippen LogP contribution in [0.4, 0.5) is 0 Å². The van der Waals surface area contributed by atoms with Gasteiger partial charge in [0.05, 0.1) is 24.9 Å². The maximum atomic E-state index is 12.9. The smallest absolute Gasteiger partial charge is 0.258 e. The Morgan fingerprint density at radius 2 is 2.22 bits per heavy atom. The van der Waals surface area contributed by atoms with Gasteiger partial charge in [-0.05, 0) is 13.0 Å². The Hall–Kier alpha value is -2.64. The number of amides is 2. The minimum atomic E-state index is -0.602. The number of nitrogens with zero attached hydrogens (tertiary/aromatic N) is 4. The highest BCUT2D eigenvalue weighted by Gasteiger charge is 2.37. The predicted molar refractivity (Wildman–Crippen MR) is 80.6 cm³/mol. The summed E-state index contributed by atoms with van der Waals surface area (Å²) in [4.78, 5) is 26.7. The molecule has 2 aromatic rings. The summed E-state index contributed by atoms with van der Waals surface area (Å²) in [6.45, 7) is 4.34. The molecule has 0 bridgehead atoms. The molecule has 8 heteroatoms. The van der Waals surface area contributed by atoms with Crippen LogP contribution < -0.4 is 5.32 Å². The number of hydrogen-bond acceptors (Lipinski definition) is 5. The van der Waals surface area contributed by atoms with Crippen LogP contribution in [0.3, 0.4) is 0 Å². The zero-order chi connectivity index (χ0) is 16.6. The second kappa shape index (κ2) is 5.86. The number of nitrogens with one attached hydrogen (secondary N) is 1. The van der Waals surface area contributed by atoms with Gasteiger partial charge < -0.3 is 19.2 Å². The van der Waals surface area contributed by atoms with E-state index in [0.717, 1.165) is 5.82 Å². The van der Waals surface area contributed by atoms with Crippen molar-refractivity contribution in [3.05, 3.63) is 35.3 Å². The molecule has 0 aromatic carbocycles. The van der Waals surface area contributed by atoms with E-state index in [1.54, 1.807) is 13.1 Å². The topological polar surface area (TPSA) is 93.3 Å². The Morgan fingerprint density at radius 3 is 2.91 bits per heavy atom. The number of aryl methyl sites for hydroxylation is 2. The van der Waals surface area contributed by atoms with Crippen LogP contribution in [0.1, 0.15) is 34.7 Å². The van der Waals surface area contributed by atoms with Gasteiger partial charge in [-0.3, -0.25) is 9.59 Å². The molecule has 0 saturated heterocycles. The Balaban J connectivity index is 1.98. The van der Waals surface area contributed by atoms with Gasteiger partial charge in [0.25, 0.3) is 5.91 Å². The van der Waals surface area contributed by atoms with Gasteiger partial charge in [0.1, 0.15) is 17.6 Å². The SMILES string of the molecule is CCc1occc1C(=O)N1Cc2nnc(C)n2CC1C(=O)NC. The molecule has 0 spiro atoms. The maximum Gasteiger partial charge on any atom is 0.258 e. The van der Waals surface area contributed by atoms with Gasteiger partial charge in [-0.25, -0.2) is 0 Å². The number of furan rings is 1. The molecule has 1 atom stereocenters. The summed E-state index contributed by atoms with van der Waals surface area (Å²) in [5, 5.41) is 10.8. The van der Waals surface area contributed by atoms with Crippen molar-refractivity contribution in [2.45, 2.75) is 39.4 Å². The number of aromatic nitrogens is 3. The molecule has 3 heterocycles. The van der Waals surface area contributed by atoms with E-state index < -0.39 is 6.04 Å². The molecule has 1 unspecified atom stereocenters. The molecule has 122 valence electrons. The molecule has 1 aliphatic heterocycles. The van der Waals surface area contributed by atoms with E-state index in [9.17, 15) is 9.59 Å². The Bertz CT molecular complexity index is 748. The van der Waals surface area contributed by atoms with Crippen molar-refractivity contribution in [3.8, 4) is 0 Å². The van der Waals surface area contributed by atoms with Crippen molar-refractivity contribution < 1.29 is 14.0 Å². The molecule has 23 heavy (non-hydrogen) atoms. The van der Waals surface area contributed by atoms with E-state index in [0.29, 0.717) is 30.1 Å². The number of hydrogen-bond donors (Lipinski definition) is 1. The van der Waals surface area contributed by atoms with Crippen molar-refractivity contribution in [2.24, 2.45) is 0 Å². The van der Waals surface area contributed by atoms with Crippen molar-refractivity contribution in [3.63, 3.8) is 0 Å². The van der Waals surface area contributed by atoms with Crippen LogP contribution in [0.5, 0.6) is 0 Å². The highest BCUT2D eigenvalue weighted by atomic mass is 16.3. The Morgan fingerprint density at radius 1 is 1.43 bits per heavy atom. The van der Waals surface area contributed by atoms with Crippen LogP contribution in [0.25, 0.3) is 0 Å². The number of fused-ring (bicyclic) bond motifs is 1. The summed E-state index contributed by atoms with van der Waals surface area (Å²) in [5.74, 6) is 1.60. The van der Waals surface area contributed by atoms with Gasteiger partial charge >= 0.3 is 0 Å². The maximum absolute atomic E-state index is 12.9. The monoisotopic (exact) mass is 317 g/mol. The molecule has 0 radical (unpaired) electrons. The summed E-state index contributed by atoms with van der Waals surface area (Å²) < 4.78 is 7.21. The third-order valence-corrected chi connectivity index (χ3v) is 4.16. The molecule has 3 rings (SSSR count). The van der Waals surface area contributed by atoms with Crippen LogP contribution in [-0.4, -0.2) is 44.6 Å². The fourth-order valence-corrected chi connectivity index (χ4v) is 2.88. The van der Waals surface area contributed by atoms with Gasteiger partial charge in [-0.1, -0.05) is 6.92 Å². The number of carbonyl (C=O) groups excluding carboxylic acids is 2. The summed E-state index contributed by atoms with van der Waals surface area (Å²) in [5.41, 5.74) is 0.492. The first kappa shape index (κ1) is 15.3. The predicted octanol–water partition coefficient (Wildman–Crippen LogP) is 0.513. The average Bonchev–Trinajstić information content (AvgIpc) is 3.19. The third kappa shape index (κ3) is 2.49. The standard InChI is InChI=1S/C15H19N5O3/c1-4-12-10(5-6-23-12)15(22)20-8-13-18-17-9(2)19(13)7-11(20)14(21)16-3/h5-6,11H,4,7-8H2,1-3H3,(H,16,21). The second-order valence-electron chi connectivity index (χ2n) is 5.45. The van der Waals surface area contributed by atoms with Crippen molar-refractivity contribution in [1.82, 2.24) is 25.0 Å². The lowest BCUT2D eigenvalue weighted by Crippen LogP contribution is -2.53. The zero-order valence-electron chi connectivity index (χ0n) is 13.4. The normalized spacial score (nSPS) is 17.0. The molecule has 1 N–H and O–H groups in total. The number of carbonyl (C=O) groups is 2. The average molecular weight is 317 g/mol. The highest BCUT2D eigenvalue weighted by Crippen LogP contribution is 2.22. The van der Waals surface area contributed by atoms with Gasteiger partial charge in [-0.15, -0.1) is 10.2 Å². The van der Waals surface area contributed by atoms with Gasteiger partial charge in [0, 0.05) is 13.5 Å². The van der Waals surface area contributed by atoms with E-state index in [-0.39, 0.29) is 18.4 Å². The third-order valence-electron chi connectivity index (χ3n) is 4.16. The van der Waals surface area contributed by atoms with Crippen LogP contribution in [0.15, 0.2) is 16.7 Å². The first-order chi connectivity index (χ1) is 11.1. The summed E-state index contributed by atoms with van der Waals surface area (Å²) >= 11 is 0. The first-order valence-electron chi connectivity index (χ1n) is 7.54. The lowest BCUT2D eigenvalue weighted by molar-refractivity contribution is -0.126. The quantitative estimate of drug-likeness (QED) is 0.890. The fourth-order valence-electron chi connectivity index (χ4n) is 2.88. The molecule has 1 aliphatic rings.